The van der Waals surface area contributed by atoms with Gasteiger partial charge in [-0.2, -0.15) is 0 Å². The maximum Gasteiger partial charge on any atom is 0.313 e. The third-order valence-electron chi connectivity index (χ3n) is 6.37. The molecule has 2 aromatic rings. The number of hydrogen-bond donors (Lipinski definition) is 2. The number of benzene rings is 2. The van der Waals surface area contributed by atoms with Crippen LogP contribution in [0.1, 0.15) is 22.7 Å². The van der Waals surface area contributed by atoms with E-state index in [1.807, 2.05) is 13.0 Å². The molecule has 33 heavy (non-hydrogen) atoms. The number of anilines is 2. The summed E-state index contributed by atoms with van der Waals surface area (Å²) in [6, 6.07) is 11.9. The van der Waals surface area contributed by atoms with Crippen LogP contribution in [0.2, 0.25) is 0 Å². The fourth-order valence-electron chi connectivity index (χ4n) is 4.51. The van der Waals surface area contributed by atoms with Crippen LogP contribution >= 0.6 is 0 Å². The van der Waals surface area contributed by atoms with Gasteiger partial charge >= 0.3 is 11.8 Å². The van der Waals surface area contributed by atoms with Crippen LogP contribution in [0.4, 0.5) is 11.4 Å². The highest BCUT2D eigenvalue weighted by atomic mass is 16.5. The summed E-state index contributed by atoms with van der Waals surface area (Å²) in [7, 11) is 3.63. The highest BCUT2D eigenvalue weighted by Gasteiger charge is 2.26. The quantitative estimate of drug-likeness (QED) is 0.654. The van der Waals surface area contributed by atoms with Crippen molar-refractivity contribution < 1.29 is 19.1 Å². The molecule has 1 fully saturated rings. The van der Waals surface area contributed by atoms with Crippen molar-refractivity contribution in [1.29, 1.82) is 0 Å². The van der Waals surface area contributed by atoms with Crippen LogP contribution in [-0.2, 0) is 20.7 Å². The first-order valence-corrected chi connectivity index (χ1v) is 11.4. The number of fused-ring (bicyclic) bond motifs is 1. The lowest BCUT2D eigenvalue weighted by Gasteiger charge is -2.35. The maximum absolute atomic E-state index is 12.7. The number of carbonyl (C=O) groups is 2. The van der Waals surface area contributed by atoms with Gasteiger partial charge in [0.2, 0.25) is 0 Å². The Hall–Kier alpha value is -3.10. The molecule has 2 aliphatic heterocycles. The summed E-state index contributed by atoms with van der Waals surface area (Å²) >= 11 is 0. The summed E-state index contributed by atoms with van der Waals surface area (Å²) < 4.78 is 10.8. The van der Waals surface area contributed by atoms with E-state index < -0.39 is 11.8 Å². The van der Waals surface area contributed by atoms with Gasteiger partial charge in [-0.1, -0.05) is 18.2 Å². The van der Waals surface area contributed by atoms with Crippen LogP contribution in [0.5, 0.6) is 5.75 Å². The monoisotopic (exact) mass is 452 g/mol. The average Bonchev–Trinajstić information content (AvgIpc) is 3.20. The van der Waals surface area contributed by atoms with Crippen molar-refractivity contribution in [1.82, 2.24) is 10.2 Å². The Kier molecular flexibility index (Phi) is 7.15. The first kappa shape index (κ1) is 23.1. The molecule has 2 N–H and O–H groups in total. The van der Waals surface area contributed by atoms with Gasteiger partial charge in [-0.05, 0) is 48.2 Å². The minimum absolute atomic E-state index is 0.0321. The van der Waals surface area contributed by atoms with Crippen molar-refractivity contribution in [3.05, 3.63) is 53.1 Å². The molecule has 1 saturated heterocycles. The van der Waals surface area contributed by atoms with E-state index in [1.54, 1.807) is 12.1 Å². The minimum Gasteiger partial charge on any atom is -0.495 e. The fraction of sp³-hybridized carbons (Fsp3) is 0.440. The first-order valence-electron chi connectivity index (χ1n) is 11.4. The molecule has 8 nitrogen and oxygen atoms in total. The van der Waals surface area contributed by atoms with Crippen LogP contribution < -0.4 is 20.3 Å². The highest BCUT2D eigenvalue weighted by Crippen LogP contribution is 2.31. The van der Waals surface area contributed by atoms with Crippen molar-refractivity contribution in [2.45, 2.75) is 19.4 Å². The molecule has 2 aliphatic rings. The zero-order valence-corrected chi connectivity index (χ0v) is 19.5. The van der Waals surface area contributed by atoms with Crippen molar-refractivity contribution in [3.8, 4) is 5.75 Å². The summed E-state index contributed by atoms with van der Waals surface area (Å²) in [5, 5.41) is 5.51. The van der Waals surface area contributed by atoms with Crippen LogP contribution in [0.3, 0.4) is 0 Å². The molecule has 0 aliphatic carbocycles. The normalized spacial score (nSPS) is 16.8. The van der Waals surface area contributed by atoms with E-state index in [4.69, 9.17) is 9.47 Å². The number of likely N-dealkylation sites (N-methyl/N-ethyl adjacent to an activating group) is 1. The lowest BCUT2D eigenvalue weighted by Crippen LogP contribution is -2.45. The average molecular weight is 453 g/mol. The number of nitrogens with zero attached hydrogens (tertiary/aromatic N) is 2. The Balaban J connectivity index is 1.46. The SMILES string of the molecule is COc1ccc(C)cc1NC(=O)C(=O)NC[C@H](c1ccc2c(c1)CCN2C)N1CCOCC1. The molecule has 0 bridgehead atoms. The lowest BCUT2D eigenvalue weighted by atomic mass is 10.0. The number of rotatable bonds is 6. The maximum atomic E-state index is 12.7. The van der Waals surface area contributed by atoms with E-state index in [0.717, 1.165) is 37.2 Å². The van der Waals surface area contributed by atoms with Crippen molar-refractivity contribution in [2.75, 3.05) is 63.8 Å². The van der Waals surface area contributed by atoms with E-state index in [0.29, 0.717) is 31.2 Å². The smallest absolute Gasteiger partial charge is 0.313 e. The number of methoxy groups -OCH3 is 1. The zero-order valence-electron chi connectivity index (χ0n) is 19.5. The molecule has 176 valence electrons. The minimum atomic E-state index is -0.713. The molecule has 2 heterocycles. The summed E-state index contributed by atoms with van der Waals surface area (Å²) in [4.78, 5) is 29.8. The molecular weight excluding hydrogens is 420 g/mol. The number of aryl methyl sites for hydroxylation is 1. The third kappa shape index (κ3) is 5.29. The predicted octanol–water partition coefficient (Wildman–Crippen LogP) is 2.12. The Morgan fingerprint density at radius 3 is 2.64 bits per heavy atom. The van der Waals surface area contributed by atoms with E-state index in [1.165, 1.54) is 18.4 Å². The van der Waals surface area contributed by atoms with Gasteiger partial charge in [0.15, 0.2) is 0 Å². The number of ether oxygens (including phenoxy) is 2. The predicted molar refractivity (Wildman–Crippen MR) is 128 cm³/mol. The van der Waals surface area contributed by atoms with Gasteiger partial charge in [0.05, 0.1) is 32.1 Å². The van der Waals surface area contributed by atoms with Gasteiger partial charge in [-0.3, -0.25) is 14.5 Å². The highest BCUT2D eigenvalue weighted by molar-refractivity contribution is 6.39. The summed E-state index contributed by atoms with van der Waals surface area (Å²) in [5.41, 5.74) is 5.16. The largest absolute Gasteiger partial charge is 0.495 e. The summed E-state index contributed by atoms with van der Waals surface area (Å²) in [6.07, 6.45) is 1.02. The number of morpholine rings is 1. The molecule has 8 heteroatoms. The van der Waals surface area contributed by atoms with Crippen LogP contribution in [0.15, 0.2) is 36.4 Å². The molecule has 4 rings (SSSR count). The van der Waals surface area contributed by atoms with E-state index in [2.05, 4.69) is 45.7 Å². The lowest BCUT2D eigenvalue weighted by molar-refractivity contribution is -0.136. The molecule has 0 spiro atoms. The molecule has 2 aromatic carbocycles. The Bertz CT molecular complexity index is 1020. The number of carbonyl (C=O) groups excluding carboxylic acids is 2. The van der Waals surface area contributed by atoms with E-state index in [-0.39, 0.29) is 6.04 Å². The van der Waals surface area contributed by atoms with Crippen LogP contribution in [-0.4, -0.2) is 70.3 Å². The molecule has 0 aromatic heterocycles. The zero-order chi connectivity index (χ0) is 23.4. The van der Waals surface area contributed by atoms with Gasteiger partial charge in [0.25, 0.3) is 0 Å². The standard InChI is InChI=1S/C25H32N4O4/c1-17-4-7-23(32-3)20(14-17)27-25(31)24(30)26-16-22(29-10-12-33-13-11-29)18-5-6-21-19(15-18)8-9-28(21)2/h4-7,14-15,22H,8-13,16H2,1-3H3,(H,26,30)(H,27,31)/t22-/m1/s1. The molecule has 0 saturated carbocycles. The van der Waals surface area contributed by atoms with Gasteiger partial charge in [0, 0.05) is 38.9 Å². The van der Waals surface area contributed by atoms with Gasteiger partial charge < -0.3 is 25.0 Å². The van der Waals surface area contributed by atoms with Crippen LogP contribution in [0, 0.1) is 6.92 Å². The topological polar surface area (TPSA) is 83.1 Å². The van der Waals surface area contributed by atoms with Gasteiger partial charge in [-0.25, -0.2) is 0 Å². The molecule has 1 atom stereocenters. The molecule has 0 unspecified atom stereocenters. The summed E-state index contributed by atoms with van der Waals surface area (Å²) in [5.74, 6) is -0.871. The molecule has 0 radical (unpaired) electrons. The van der Waals surface area contributed by atoms with Crippen LogP contribution in [0.25, 0.3) is 0 Å². The van der Waals surface area contributed by atoms with Crippen molar-refractivity contribution >= 4 is 23.2 Å². The summed E-state index contributed by atoms with van der Waals surface area (Å²) in [6.45, 7) is 6.15. The Morgan fingerprint density at radius 2 is 1.88 bits per heavy atom. The van der Waals surface area contributed by atoms with Gasteiger partial charge in [-0.15, -0.1) is 0 Å². The second-order valence-electron chi connectivity index (χ2n) is 8.59. The Morgan fingerprint density at radius 1 is 1.09 bits per heavy atom. The number of hydrogen-bond acceptors (Lipinski definition) is 6. The van der Waals surface area contributed by atoms with E-state index in [9.17, 15) is 9.59 Å². The number of amides is 2. The Labute approximate surface area is 194 Å². The first-order chi connectivity index (χ1) is 16.0. The fourth-order valence-corrected chi connectivity index (χ4v) is 4.51. The third-order valence-corrected chi connectivity index (χ3v) is 6.37. The van der Waals surface area contributed by atoms with E-state index >= 15 is 0 Å². The molecular formula is C25H32N4O4. The number of nitrogens with one attached hydrogen (secondary N) is 2. The second kappa shape index (κ2) is 10.2. The van der Waals surface area contributed by atoms with Crippen molar-refractivity contribution in [2.24, 2.45) is 0 Å². The van der Waals surface area contributed by atoms with Gasteiger partial charge in [0.1, 0.15) is 5.75 Å². The van der Waals surface area contributed by atoms with Crippen molar-refractivity contribution in [3.63, 3.8) is 0 Å². The molecule has 2 amide bonds. The second-order valence-corrected chi connectivity index (χ2v) is 8.59.